The molecule has 4 heteroatoms. The highest BCUT2D eigenvalue weighted by atomic mass is 79.9. The van der Waals surface area contributed by atoms with E-state index in [0.717, 1.165) is 22.2 Å². The van der Waals surface area contributed by atoms with Crippen LogP contribution in [0, 0.1) is 0 Å². The maximum absolute atomic E-state index is 11.2. The topological polar surface area (TPSA) is 37.3 Å². The summed E-state index contributed by atoms with van der Waals surface area (Å²) in [6, 6.07) is 7.55. The van der Waals surface area contributed by atoms with Crippen LogP contribution in [0.5, 0.6) is 0 Å². The first-order valence-electron chi connectivity index (χ1n) is 5.12. The smallest absolute Gasteiger partial charge is 0.310 e. The van der Waals surface area contributed by atoms with Gasteiger partial charge in [-0.05, 0) is 42.5 Å². The predicted octanol–water partition coefficient (Wildman–Crippen LogP) is 3.76. The third kappa shape index (κ3) is 4.18. The molecule has 16 heavy (non-hydrogen) atoms. The summed E-state index contributed by atoms with van der Waals surface area (Å²) in [5.74, 6) is -0.110. The predicted molar refractivity (Wildman–Crippen MR) is 72.1 cm³/mol. The molecule has 0 heterocycles. The number of benzene rings is 1. The summed E-state index contributed by atoms with van der Waals surface area (Å²) < 4.78 is 0.932. The van der Waals surface area contributed by atoms with E-state index in [-0.39, 0.29) is 5.92 Å². The zero-order valence-electron chi connectivity index (χ0n) is 9.15. The summed E-state index contributed by atoms with van der Waals surface area (Å²) in [4.78, 5) is 11.2. The van der Waals surface area contributed by atoms with Crippen LogP contribution in [0.1, 0.15) is 24.3 Å². The first-order valence-corrected chi connectivity index (χ1v) is 7.31. The fraction of sp³-hybridized carbons (Fsp3) is 0.417. The standard InChI is InChI=1S/C12H15BrO2S/c1-16-7-3-6-11(12(14)15)9-4-2-5-10(13)8-9/h2,4-5,8,11H,3,6-7H2,1H3,(H,14,15). The Morgan fingerprint density at radius 3 is 2.88 bits per heavy atom. The lowest BCUT2D eigenvalue weighted by Crippen LogP contribution is -2.11. The summed E-state index contributed by atoms with van der Waals surface area (Å²) in [5.41, 5.74) is 0.878. The van der Waals surface area contributed by atoms with Gasteiger partial charge in [0.1, 0.15) is 0 Å². The van der Waals surface area contributed by atoms with Gasteiger partial charge < -0.3 is 5.11 Å². The van der Waals surface area contributed by atoms with Gasteiger partial charge in [0.05, 0.1) is 5.92 Å². The Hall–Kier alpha value is -0.480. The van der Waals surface area contributed by atoms with Gasteiger partial charge in [0.15, 0.2) is 0 Å². The minimum atomic E-state index is -0.737. The molecule has 0 aliphatic carbocycles. The molecular weight excluding hydrogens is 288 g/mol. The third-order valence-corrected chi connectivity index (χ3v) is 3.58. The van der Waals surface area contributed by atoms with Crippen molar-refractivity contribution in [3.8, 4) is 0 Å². The van der Waals surface area contributed by atoms with E-state index >= 15 is 0 Å². The Kier molecular flexibility index (Phi) is 5.91. The van der Waals surface area contributed by atoms with Gasteiger partial charge in [0.25, 0.3) is 0 Å². The van der Waals surface area contributed by atoms with Crippen LogP contribution in [0.4, 0.5) is 0 Å². The Morgan fingerprint density at radius 2 is 2.31 bits per heavy atom. The van der Waals surface area contributed by atoms with Gasteiger partial charge >= 0.3 is 5.97 Å². The zero-order chi connectivity index (χ0) is 12.0. The van der Waals surface area contributed by atoms with Crippen LogP contribution in [0.25, 0.3) is 0 Å². The highest BCUT2D eigenvalue weighted by Crippen LogP contribution is 2.25. The van der Waals surface area contributed by atoms with Gasteiger partial charge in [-0.2, -0.15) is 11.8 Å². The van der Waals surface area contributed by atoms with Crippen molar-refractivity contribution in [1.29, 1.82) is 0 Å². The molecule has 0 saturated carbocycles. The quantitative estimate of drug-likeness (QED) is 0.813. The number of hydrogen-bond acceptors (Lipinski definition) is 2. The highest BCUT2D eigenvalue weighted by molar-refractivity contribution is 9.10. The van der Waals surface area contributed by atoms with Crippen LogP contribution >= 0.6 is 27.7 Å². The molecule has 1 rings (SSSR count). The van der Waals surface area contributed by atoms with Crippen LogP contribution < -0.4 is 0 Å². The van der Waals surface area contributed by atoms with E-state index in [0.29, 0.717) is 6.42 Å². The Bertz CT molecular complexity index is 355. The molecule has 0 aliphatic heterocycles. The van der Waals surface area contributed by atoms with E-state index in [1.54, 1.807) is 11.8 Å². The molecule has 0 aliphatic rings. The lowest BCUT2D eigenvalue weighted by atomic mass is 9.95. The summed E-state index contributed by atoms with van der Waals surface area (Å²) in [7, 11) is 0. The molecule has 0 spiro atoms. The molecule has 0 radical (unpaired) electrons. The van der Waals surface area contributed by atoms with Crippen molar-refractivity contribution in [1.82, 2.24) is 0 Å². The second-order valence-corrected chi connectivity index (χ2v) is 5.48. The van der Waals surface area contributed by atoms with Crippen molar-refractivity contribution in [3.05, 3.63) is 34.3 Å². The van der Waals surface area contributed by atoms with E-state index in [1.165, 1.54) is 0 Å². The molecule has 2 nitrogen and oxygen atoms in total. The van der Waals surface area contributed by atoms with Crippen LogP contribution in [0.3, 0.4) is 0 Å². The number of aliphatic carboxylic acids is 1. The monoisotopic (exact) mass is 302 g/mol. The van der Waals surface area contributed by atoms with E-state index in [1.807, 2.05) is 30.5 Å². The van der Waals surface area contributed by atoms with Crippen molar-refractivity contribution in [2.75, 3.05) is 12.0 Å². The van der Waals surface area contributed by atoms with Crippen LogP contribution in [0.15, 0.2) is 28.7 Å². The molecular formula is C12H15BrO2S. The maximum atomic E-state index is 11.2. The normalized spacial score (nSPS) is 12.4. The molecule has 1 aromatic carbocycles. The van der Waals surface area contributed by atoms with Crippen molar-refractivity contribution in [2.45, 2.75) is 18.8 Å². The molecule has 1 aromatic rings. The van der Waals surface area contributed by atoms with E-state index in [4.69, 9.17) is 0 Å². The summed E-state index contributed by atoms with van der Waals surface area (Å²) in [6.07, 6.45) is 3.67. The van der Waals surface area contributed by atoms with Gasteiger partial charge in [-0.1, -0.05) is 28.1 Å². The molecule has 88 valence electrons. The number of hydrogen-bond donors (Lipinski definition) is 1. The molecule has 0 saturated heterocycles. The number of rotatable bonds is 6. The maximum Gasteiger partial charge on any atom is 0.310 e. The van der Waals surface area contributed by atoms with Gasteiger partial charge in [-0.3, -0.25) is 4.79 Å². The minimum absolute atomic E-state index is 0.385. The summed E-state index contributed by atoms with van der Waals surface area (Å²) >= 11 is 5.12. The number of carbonyl (C=O) groups is 1. The van der Waals surface area contributed by atoms with Crippen molar-refractivity contribution in [3.63, 3.8) is 0 Å². The Labute approximate surface area is 109 Å². The van der Waals surface area contributed by atoms with Crippen molar-refractivity contribution < 1.29 is 9.90 Å². The van der Waals surface area contributed by atoms with Gasteiger partial charge in [0.2, 0.25) is 0 Å². The first kappa shape index (κ1) is 13.6. The second kappa shape index (κ2) is 6.97. The van der Waals surface area contributed by atoms with Crippen LogP contribution in [-0.2, 0) is 4.79 Å². The summed E-state index contributed by atoms with van der Waals surface area (Å²) in [6.45, 7) is 0. The Morgan fingerprint density at radius 1 is 1.56 bits per heavy atom. The van der Waals surface area contributed by atoms with Gasteiger partial charge in [0, 0.05) is 4.47 Å². The fourth-order valence-corrected chi connectivity index (χ4v) is 2.46. The SMILES string of the molecule is CSCCCC(C(=O)O)c1cccc(Br)c1. The van der Waals surface area contributed by atoms with E-state index < -0.39 is 5.97 Å². The second-order valence-electron chi connectivity index (χ2n) is 3.58. The summed E-state index contributed by atoms with van der Waals surface area (Å²) in [5, 5.41) is 9.19. The van der Waals surface area contributed by atoms with Crippen LogP contribution in [-0.4, -0.2) is 23.1 Å². The molecule has 1 unspecified atom stereocenters. The average Bonchev–Trinajstić information content (AvgIpc) is 2.24. The molecule has 0 aromatic heterocycles. The molecule has 1 N–H and O–H groups in total. The Balaban J connectivity index is 2.73. The minimum Gasteiger partial charge on any atom is -0.481 e. The molecule has 1 atom stereocenters. The zero-order valence-corrected chi connectivity index (χ0v) is 11.6. The first-order chi connectivity index (χ1) is 7.65. The third-order valence-electron chi connectivity index (χ3n) is 2.39. The molecule has 0 amide bonds. The highest BCUT2D eigenvalue weighted by Gasteiger charge is 2.19. The van der Waals surface area contributed by atoms with Crippen molar-refractivity contribution in [2.24, 2.45) is 0 Å². The molecule has 0 bridgehead atoms. The number of halogens is 1. The van der Waals surface area contributed by atoms with E-state index in [2.05, 4.69) is 15.9 Å². The number of thioether (sulfide) groups is 1. The van der Waals surface area contributed by atoms with Gasteiger partial charge in [-0.15, -0.1) is 0 Å². The lowest BCUT2D eigenvalue weighted by Gasteiger charge is -2.12. The number of carboxylic acid groups (broad SMARTS) is 1. The van der Waals surface area contributed by atoms with Crippen LogP contribution in [0.2, 0.25) is 0 Å². The van der Waals surface area contributed by atoms with E-state index in [9.17, 15) is 9.90 Å². The largest absolute Gasteiger partial charge is 0.481 e. The molecule has 0 fully saturated rings. The average molecular weight is 303 g/mol. The number of carboxylic acids is 1. The fourth-order valence-electron chi connectivity index (χ4n) is 1.59. The van der Waals surface area contributed by atoms with Crippen molar-refractivity contribution >= 4 is 33.7 Å². The lowest BCUT2D eigenvalue weighted by molar-refractivity contribution is -0.139. The van der Waals surface area contributed by atoms with Gasteiger partial charge in [-0.25, -0.2) is 0 Å².